The Labute approximate surface area is 208 Å². The van der Waals surface area contributed by atoms with E-state index < -0.39 is 0 Å². The molecular weight excluding hydrogens is 519 g/mol. The van der Waals surface area contributed by atoms with E-state index in [1.54, 1.807) is 7.11 Å². The number of aliphatic imine (C=N–C) groups is 1. The Hall–Kier alpha value is -1.85. The van der Waals surface area contributed by atoms with E-state index in [0.717, 1.165) is 51.5 Å². The van der Waals surface area contributed by atoms with Crippen molar-refractivity contribution in [2.24, 2.45) is 4.99 Å². The summed E-state index contributed by atoms with van der Waals surface area (Å²) in [6.45, 7) is 7.97. The lowest BCUT2D eigenvalue weighted by atomic mass is 10.1. The summed E-state index contributed by atoms with van der Waals surface area (Å²) in [4.78, 5) is 24.3. The molecule has 32 heavy (non-hydrogen) atoms. The molecule has 1 aliphatic rings. The summed E-state index contributed by atoms with van der Waals surface area (Å²) < 4.78 is 4.97. The lowest BCUT2D eigenvalue weighted by Gasteiger charge is -2.36. The van der Waals surface area contributed by atoms with Gasteiger partial charge in [0.1, 0.15) is 0 Å². The number of aromatic amines is 1. The third-order valence-electron chi connectivity index (χ3n) is 5.82. The molecule has 0 spiro atoms. The first-order valence-electron chi connectivity index (χ1n) is 11.2. The van der Waals surface area contributed by atoms with Gasteiger partial charge >= 0.3 is 0 Å². The third kappa shape index (κ3) is 7.08. The number of aromatic nitrogens is 1. The summed E-state index contributed by atoms with van der Waals surface area (Å²) in [7, 11) is 3.46. The molecule has 178 valence electrons. The first kappa shape index (κ1) is 26.4. The SMILES string of the molecule is CCc1cccc2c(CCNC(=NC)N3CCN(CC(=O)NCCOC)CC3)c[nH]c12.I. The molecule has 1 saturated heterocycles. The van der Waals surface area contributed by atoms with Crippen LogP contribution in [0, 0.1) is 0 Å². The Bertz CT molecular complexity index is 876. The van der Waals surface area contributed by atoms with Crippen molar-refractivity contribution >= 4 is 46.7 Å². The van der Waals surface area contributed by atoms with Crippen molar-refractivity contribution in [2.45, 2.75) is 19.8 Å². The number of methoxy groups -OCH3 is 1. The highest BCUT2D eigenvalue weighted by Gasteiger charge is 2.21. The minimum Gasteiger partial charge on any atom is -0.383 e. The summed E-state index contributed by atoms with van der Waals surface area (Å²) in [6.07, 6.45) is 4.10. The number of hydrogen-bond acceptors (Lipinski definition) is 4. The van der Waals surface area contributed by atoms with Crippen LogP contribution in [-0.2, 0) is 22.4 Å². The molecular formula is C23H37IN6O2. The molecule has 1 fully saturated rings. The first-order valence-corrected chi connectivity index (χ1v) is 11.2. The number of nitrogens with one attached hydrogen (secondary N) is 3. The van der Waals surface area contributed by atoms with E-state index in [9.17, 15) is 4.79 Å². The molecule has 9 heteroatoms. The Balaban J connectivity index is 0.00000363. The molecule has 0 saturated carbocycles. The average Bonchev–Trinajstić information content (AvgIpc) is 3.21. The molecule has 0 bridgehead atoms. The van der Waals surface area contributed by atoms with Gasteiger partial charge in [-0.2, -0.15) is 0 Å². The number of para-hydroxylation sites is 1. The Morgan fingerprint density at radius 1 is 1.16 bits per heavy atom. The van der Waals surface area contributed by atoms with Crippen molar-refractivity contribution in [1.29, 1.82) is 0 Å². The predicted molar refractivity (Wildman–Crippen MR) is 141 cm³/mol. The number of benzene rings is 1. The minimum atomic E-state index is 0. The van der Waals surface area contributed by atoms with Crippen molar-refractivity contribution in [3.63, 3.8) is 0 Å². The monoisotopic (exact) mass is 556 g/mol. The van der Waals surface area contributed by atoms with Crippen molar-refractivity contribution in [3.8, 4) is 0 Å². The van der Waals surface area contributed by atoms with Gasteiger partial charge in [0.2, 0.25) is 5.91 Å². The second-order valence-corrected chi connectivity index (χ2v) is 7.84. The molecule has 0 radical (unpaired) electrons. The highest BCUT2D eigenvalue weighted by atomic mass is 127. The number of aryl methyl sites for hydroxylation is 1. The summed E-state index contributed by atoms with van der Waals surface area (Å²) in [5.41, 5.74) is 3.95. The number of fused-ring (bicyclic) bond motifs is 1. The zero-order chi connectivity index (χ0) is 22.1. The number of carbonyl (C=O) groups excluding carboxylic acids is 1. The van der Waals surface area contributed by atoms with E-state index >= 15 is 0 Å². The van der Waals surface area contributed by atoms with Gasteiger partial charge in [-0.3, -0.25) is 14.7 Å². The molecule has 1 aromatic carbocycles. The maximum Gasteiger partial charge on any atom is 0.234 e. The van der Waals surface area contributed by atoms with Crippen LogP contribution >= 0.6 is 24.0 Å². The second kappa shape index (κ2) is 13.6. The molecule has 1 amide bonds. The van der Waals surface area contributed by atoms with Gasteiger partial charge in [-0.25, -0.2) is 0 Å². The molecule has 2 heterocycles. The normalized spacial score (nSPS) is 15.0. The Morgan fingerprint density at radius 3 is 2.62 bits per heavy atom. The van der Waals surface area contributed by atoms with Crippen LogP contribution in [0.5, 0.6) is 0 Å². The van der Waals surface area contributed by atoms with Crippen LogP contribution in [-0.4, -0.2) is 93.2 Å². The van der Waals surface area contributed by atoms with Crippen LogP contribution < -0.4 is 10.6 Å². The van der Waals surface area contributed by atoms with Gasteiger partial charge in [-0.1, -0.05) is 25.1 Å². The van der Waals surface area contributed by atoms with Crippen LogP contribution in [0.15, 0.2) is 29.4 Å². The van der Waals surface area contributed by atoms with E-state index in [0.29, 0.717) is 19.7 Å². The maximum atomic E-state index is 12.0. The maximum absolute atomic E-state index is 12.0. The van der Waals surface area contributed by atoms with Crippen LogP contribution in [0.25, 0.3) is 10.9 Å². The number of nitrogens with zero attached hydrogens (tertiary/aromatic N) is 3. The summed E-state index contributed by atoms with van der Waals surface area (Å²) >= 11 is 0. The topological polar surface area (TPSA) is 85.0 Å². The van der Waals surface area contributed by atoms with Gasteiger partial charge in [0.15, 0.2) is 5.96 Å². The van der Waals surface area contributed by atoms with Crippen molar-refractivity contribution in [2.75, 3.05) is 66.6 Å². The predicted octanol–water partition coefficient (Wildman–Crippen LogP) is 1.85. The van der Waals surface area contributed by atoms with E-state index in [1.165, 1.54) is 22.0 Å². The number of hydrogen-bond donors (Lipinski definition) is 3. The standard InChI is InChI=1S/C23H36N6O2.HI/c1-4-18-6-5-7-20-19(16-27-22(18)20)8-9-26-23(24-2)29-13-11-28(12-14-29)17-21(30)25-10-15-31-3;/h5-7,16,27H,4,8-15,17H2,1-3H3,(H,24,26)(H,25,30);1H. The van der Waals surface area contributed by atoms with E-state index in [2.05, 4.69) is 61.7 Å². The lowest BCUT2D eigenvalue weighted by Crippen LogP contribution is -2.54. The molecule has 0 atom stereocenters. The van der Waals surface area contributed by atoms with E-state index in [4.69, 9.17) is 4.74 Å². The molecule has 1 aromatic heterocycles. The van der Waals surface area contributed by atoms with Gasteiger partial charge in [-0.05, 0) is 24.0 Å². The Kier molecular flexibility index (Phi) is 11.3. The zero-order valence-electron chi connectivity index (χ0n) is 19.4. The number of guanidine groups is 1. The first-order chi connectivity index (χ1) is 15.2. The molecule has 3 N–H and O–H groups in total. The van der Waals surface area contributed by atoms with E-state index in [1.807, 2.05) is 7.05 Å². The fraction of sp³-hybridized carbons (Fsp3) is 0.565. The summed E-state index contributed by atoms with van der Waals surface area (Å²) in [5.74, 6) is 0.983. The molecule has 1 aliphatic heterocycles. The van der Waals surface area contributed by atoms with Gasteiger partial charge in [0.05, 0.1) is 13.2 Å². The number of H-pyrrole nitrogens is 1. The molecule has 0 unspecified atom stereocenters. The highest BCUT2D eigenvalue weighted by molar-refractivity contribution is 14.0. The minimum absolute atomic E-state index is 0. The average molecular weight is 556 g/mol. The van der Waals surface area contributed by atoms with E-state index in [-0.39, 0.29) is 29.9 Å². The number of carbonyl (C=O) groups is 1. The lowest BCUT2D eigenvalue weighted by molar-refractivity contribution is -0.122. The summed E-state index contributed by atoms with van der Waals surface area (Å²) in [6, 6.07) is 6.52. The van der Waals surface area contributed by atoms with Gasteiger partial charge in [0.25, 0.3) is 0 Å². The molecule has 2 aromatic rings. The van der Waals surface area contributed by atoms with Crippen molar-refractivity contribution in [1.82, 2.24) is 25.4 Å². The number of halogens is 1. The fourth-order valence-corrected chi connectivity index (χ4v) is 4.09. The van der Waals surface area contributed by atoms with Crippen LogP contribution in [0.1, 0.15) is 18.1 Å². The number of rotatable bonds is 9. The van der Waals surface area contributed by atoms with Crippen LogP contribution in [0.3, 0.4) is 0 Å². The summed E-state index contributed by atoms with van der Waals surface area (Å²) in [5, 5.41) is 7.70. The molecule has 0 aliphatic carbocycles. The van der Waals surface area contributed by atoms with Gasteiger partial charge in [0, 0.05) is 70.5 Å². The second-order valence-electron chi connectivity index (χ2n) is 7.84. The van der Waals surface area contributed by atoms with Gasteiger partial charge in [-0.15, -0.1) is 24.0 Å². The number of piperazine rings is 1. The van der Waals surface area contributed by atoms with Crippen LogP contribution in [0.4, 0.5) is 0 Å². The smallest absolute Gasteiger partial charge is 0.234 e. The number of ether oxygens (including phenoxy) is 1. The zero-order valence-corrected chi connectivity index (χ0v) is 21.8. The van der Waals surface area contributed by atoms with Crippen LogP contribution in [0.2, 0.25) is 0 Å². The Morgan fingerprint density at radius 2 is 1.94 bits per heavy atom. The number of amides is 1. The third-order valence-corrected chi connectivity index (χ3v) is 5.82. The largest absolute Gasteiger partial charge is 0.383 e. The van der Waals surface area contributed by atoms with Gasteiger partial charge < -0.3 is 25.3 Å². The molecule has 8 nitrogen and oxygen atoms in total. The van der Waals surface area contributed by atoms with Crippen molar-refractivity contribution in [3.05, 3.63) is 35.5 Å². The quantitative estimate of drug-likeness (QED) is 0.190. The molecule has 3 rings (SSSR count). The highest BCUT2D eigenvalue weighted by Crippen LogP contribution is 2.22. The van der Waals surface area contributed by atoms with Crippen molar-refractivity contribution < 1.29 is 9.53 Å². The fourth-order valence-electron chi connectivity index (χ4n) is 4.09.